The van der Waals surface area contributed by atoms with Crippen LogP contribution in [-0.4, -0.2) is 6.04 Å². The van der Waals surface area contributed by atoms with E-state index >= 15 is 0 Å². The smallest absolute Gasteiger partial charge is 0.130 e. The van der Waals surface area contributed by atoms with Crippen LogP contribution in [0.2, 0.25) is 0 Å². The number of nitriles is 1. The second-order valence-corrected chi connectivity index (χ2v) is 3.70. The van der Waals surface area contributed by atoms with E-state index in [2.05, 4.69) is 15.9 Å². The average Bonchev–Trinajstić information content (AvgIpc) is 2.10. The summed E-state index contributed by atoms with van der Waals surface area (Å²) >= 11 is 2.95. The Hall–Kier alpha value is -0.990. The molecule has 0 aromatic heterocycles. The number of hydrogen-bond donors (Lipinski definition) is 1. The Bertz CT molecular complexity index is 364. The van der Waals surface area contributed by atoms with Gasteiger partial charge in [0, 0.05) is 16.5 Å². The normalized spacial score (nSPS) is 12.2. The number of nitrogens with two attached hydrogens (primary N) is 1. The lowest BCUT2D eigenvalue weighted by molar-refractivity contribution is 0.548. The fraction of sp³-hybridized carbons (Fsp3) is 0.222. The Labute approximate surface area is 88.5 Å². The quantitative estimate of drug-likeness (QED) is 0.886. The standard InChI is InChI=1S/C9H7BrF2N2/c10-5-1-8(11)7(9(12)2-5)3-6(14)4-13/h1-2,6H,3,14H2/t6-/m0/s1. The van der Waals surface area contributed by atoms with Crippen LogP contribution in [0.5, 0.6) is 0 Å². The lowest BCUT2D eigenvalue weighted by Gasteiger charge is -2.06. The SMILES string of the molecule is N#C[C@@H](N)Cc1c(F)cc(Br)cc1F. The second-order valence-electron chi connectivity index (χ2n) is 2.79. The minimum Gasteiger partial charge on any atom is -0.316 e. The molecule has 0 aliphatic carbocycles. The highest BCUT2D eigenvalue weighted by Gasteiger charge is 2.13. The maximum absolute atomic E-state index is 13.2. The average molecular weight is 261 g/mol. The molecule has 74 valence electrons. The van der Waals surface area contributed by atoms with E-state index in [-0.39, 0.29) is 12.0 Å². The van der Waals surface area contributed by atoms with Gasteiger partial charge >= 0.3 is 0 Å². The van der Waals surface area contributed by atoms with Gasteiger partial charge in [-0.1, -0.05) is 15.9 Å². The van der Waals surface area contributed by atoms with E-state index in [9.17, 15) is 8.78 Å². The van der Waals surface area contributed by atoms with Crippen molar-refractivity contribution in [3.63, 3.8) is 0 Å². The zero-order valence-electron chi connectivity index (χ0n) is 7.10. The topological polar surface area (TPSA) is 49.8 Å². The zero-order valence-corrected chi connectivity index (χ0v) is 8.68. The third kappa shape index (κ3) is 2.50. The van der Waals surface area contributed by atoms with Gasteiger partial charge in [0.05, 0.1) is 12.1 Å². The molecule has 0 aliphatic rings. The number of nitrogens with zero attached hydrogens (tertiary/aromatic N) is 1. The molecule has 1 aromatic carbocycles. The number of hydrogen-bond acceptors (Lipinski definition) is 2. The molecular weight excluding hydrogens is 254 g/mol. The van der Waals surface area contributed by atoms with Crippen molar-refractivity contribution < 1.29 is 8.78 Å². The van der Waals surface area contributed by atoms with Gasteiger partial charge in [-0.15, -0.1) is 0 Å². The molecule has 0 amide bonds. The maximum Gasteiger partial charge on any atom is 0.130 e. The molecule has 0 aliphatic heterocycles. The van der Waals surface area contributed by atoms with E-state index < -0.39 is 17.7 Å². The third-order valence-electron chi connectivity index (χ3n) is 1.70. The Morgan fingerprint density at radius 1 is 1.43 bits per heavy atom. The van der Waals surface area contributed by atoms with Crippen LogP contribution in [0.4, 0.5) is 8.78 Å². The van der Waals surface area contributed by atoms with Crippen LogP contribution < -0.4 is 5.73 Å². The van der Waals surface area contributed by atoms with E-state index in [1.807, 2.05) is 0 Å². The molecule has 0 saturated carbocycles. The molecule has 0 bridgehead atoms. The Morgan fingerprint density at radius 3 is 2.36 bits per heavy atom. The van der Waals surface area contributed by atoms with Gasteiger partial charge in [0.15, 0.2) is 0 Å². The summed E-state index contributed by atoms with van der Waals surface area (Å²) in [6.45, 7) is 0. The van der Waals surface area contributed by atoms with Crippen LogP contribution in [0.3, 0.4) is 0 Å². The van der Waals surface area contributed by atoms with E-state index in [0.29, 0.717) is 4.47 Å². The van der Waals surface area contributed by atoms with Crippen molar-refractivity contribution in [3.05, 3.63) is 33.8 Å². The van der Waals surface area contributed by atoms with Crippen LogP contribution in [0.1, 0.15) is 5.56 Å². The largest absolute Gasteiger partial charge is 0.316 e. The Morgan fingerprint density at radius 2 is 1.93 bits per heavy atom. The molecule has 1 rings (SSSR count). The predicted molar refractivity (Wildman–Crippen MR) is 51.4 cm³/mol. The highest BCUT2D eigenvalue weighted by atomic mass is 79.9. The first-order valence-electron chi connectivity index (χ1n) is 3.83. The van der Waals surface area contributed by atoms with Crippen molar-refractivity contribution in [1.82, 2.24) is 0 Å². The molecule has 1 atom stereocenters. The molecule has 0 heterocycles. The van der Waals surface area contributed by atoms with Gasteiger partial charge in [-0.05, 0) is 12.1 Å². The fourth-order valence-corrected chi connectivity index (χ4v) is 1.43. The van der Waals surface area contributed by atoms with Gasteiger partial charge in [-0.25, -0.2) is 8.78 Å². The van der Waals surface area contributed by atoms with Gasteiger partial charge in [0.25, 0.3) is 0 Å². The van der Waals surface area contributed by atoms with Crippen molar-refractivity contribution in [2.45, 2.75) is 12.5 Å². The maximum atomic E-state index is 13.2. The minimum atomic E-state index is -0.889. The van der Waals surface area contributed by atoms with E-state index in [1.54, 1.807) is 6.07 Å². The number of benzene rings is 1. The van der Waals surface area contributed by atoms with Gasteiger partial charge in [0.2, 0.25) is 0 Å². The zero-order chi connectivity index (χ0) is 10.7. The molecule has 14 heavy (non-hydrogen) atoms. The van der Waals surface area contributed by atoms with E-state index in [0.717, 1.165) is 12.1 Å². The van der Waals surface area contributed by atoms with Crippen molar-refractivity contribution in [3.8, 4) is 6.07 Å². The molecule has 2 N–H and O–H groups in total. The molecule has 1 aromatic rings. The summed E-state index contributed by atoms with van der Waals surface area (Å²) in [7, 11) is 0. The molecule has 0 radical (unpaired) electrons. The second kappa shape index (κ2) is 4.49. The van der Waals surface area contributed by atoms with E-state index in [4.69, 9.17) is 11.0 Å². The highest BCUT2D eigenvalue weighted by Crippen LogP contribution is 2.20. The van der Waals surface area contributed by atoms with Crippen LogP contribution in [0.25, 0.3) is 0 Å². The molecule has 0 spiro atoms. The molecule has 0 fully saturated rings. The molecule has 0 unspecified atom stereocenters. The highest BCUT2D eigenvalue weighted by molar-refractivity contribution is 9.10. The first-order chi connectivity index (χ1) is 6.54. The summed E-state index contributed by atoms with van der Waals surface area (Å²) in [6.07, 6.45) is -0.124. The summed E-state index contributed by atoms with van der Waals surface area (Å²) in [5.74, 6) is -1.38. The minimum absolute atomic E-state index is 0.124. The lowest BCUT2D eigenvalue weighted by atomic mass is 10.1. The number of rotatable bonds is 2. The summed E-state index contributed by atoms with van der Waals surface area (Å²) in [5, 5.41) is 8.40. The monoisotopic (exact) mass is 260 g/mol. The van der Waals surface area contributed by atoms with Gasteiger partial charge in [0.1, 0.15) is 11.6 Å². The predicted octanol–water partition coefficient (Wildman–Crippen LogP) is 2.12. The van der Waals surface area contributed by atoms with Crippen LogP contribution >= 0.6 is 15.9 Å². The van der Waals surface area contributed by atoms with Crippen LogP contribution in [0.15, 0.2) is 16.6 Å². The van der Waals surface area contributed by atoms with Crippen molar-refractivity contribution in [2.75, 3.05) is 0 Å². The fourth-order valence-electron chi connectivity index (χ4n) is 1.03. The molecular formula is C9H7BrF2N2. The van der Waals surface area contributed by atoms with Gasteiger partial charge < -0.3 is 5.73 Å². The van der Waals surface area contributed by atoms with Crippen LogP contribution in [-0.2, 0) is 6.42 Å². The third-order valence-corrected chi connectivity index (χ3v) is 2.15. The summed E-state index contributed by atoms with van der Waals surface area (Å²) in [5.41, 5.74) is 5.12. The Kier molecular flexibility index (Phi) is 3.55. The van der Waals surface area contributed by atoms with Gasteiger partial charge in [-0.2, -0.15) is 5.26 Å². The van der Waals surface area contributed by atoms with Gasteiger partial charge in [-0.3, -0.25) is 0 Å². The summed E-state index contributed by atoms with van der Waals surface area (Å²) in [4.78, 5) is 0. The van der Waals surface area contributed by atoms with Crippen molar-refractivity contribution >= 4 is 15.9 Å². The summed E-state index contributed by atoms with van der Waals surface area (Å²) < 4.78 is 26.7. The number of halogens is 3. The molecule has 2 nitrogen and oxygen atoms in total. The first kappa shape index (κ1) is 11.1. The lowest BCUT2D eigenvalue weighted by Crippen LogP contribution is -2.21. The summed E-state index contributed by atoms with van der Waals surface area (Å²) in [6, 6.07) is 3.11. The molecule has 5 heteroatoms. The first-order valence-corrected chi connectivity index (χ1v) is 4.62. The van der Waals surface area contributed by atoms with Crippen molar-refractivity contribution in [2.24, 2.45) is 5.73 Å². The van der Waals surface area contributed by atoms with Crippen LogP contribution in [0, 0.1) is 23.0 Å². The van der Waals surface area contributed by atoms with Crippen molar-refractivity contribution in [1.29, 1.82) is 5.26 Å². The Balaban J connectivity index is 3.04. The van der Waals surface area contributed by atoms with E-state index in [1.165, 1.54) is 0 Å². The molecule has 0 saturated heterocycles.